The topological polar surface area (TPSA) is 79.5 Å². The average Bonchev–Trinajstić information content (AvgIpc) is 2.72. The summed E-state index contributed by atoms with van der Waals surface area (Å²) in [6.45, 7) is 3.11. The molecule has 3 heterocycles. The molecule has 2 aliphatic heterocycles. The molecule has 168 valence electrons. The summed E-state index contributed by atoms with van der Waals surface area (Å²) in [6, 6.07) is 4.14. The van der Waals surface area contributed by atoms with Crippen LogP contribution >= 0.6 is 24.8 Å². The van der Waals surface area contributed by atoms with Gasteiger partial charge in [-0.1, -0.05) is 6.42 Å². The van der Waals surface area contributed by atoms with E-state index in [1.807, 2.05) is 17.0 Å². The molecule has 1 aliphatic carbocycles. The molecule has 2 saturated heterocycles. The van der Waals surface area contributed by atoms with Crippen molar-refractivity contribution in [2.45, 2.75) is 64.0 Å². The van der Waals surface area contributed by atoms with Gasteiger partial charge in [0.25, 0.3) is 0 Å². The highest BCUT2D eigenvalue weighted by atomic mass is 35.5. The third-order valence-corrected chi connectivity index (χ3v) is 7.07. The van der Waals surface area contributed by atoms with Crippen LogP contribution in [-0.4, -0.2) is 52.3 Å². The summed E-state index contributed by atoms with van der Waals surface area (Å²) in [6.07, 6.45) is 11.1. The number of nitrogens with two attached hydrogens (primary N) is 1. The molecule has 1 saturated carbocycles. The third-order valence-electron chi connectivity index (χ3n) is 7.07. The molecule has 0 radical (unpaired) electrons. The minimum Gasteiger partial charge on any atom is -0.342 e. The second-order valence-electron chi connectivity index (χ2n) is 9.05. The molecular weight excluding hydrogens is 423 g/mol. The van der Waals surface area contributed by atoms with E-state index in [0.29, 0.717) is 18.9 Å². The predicted octanol–water partition coefficient (Wildman–Crippen LogP) is 3.17. The van der Waals surface area contributed by atoms with Crippen LogP contribution in [0.5, 0.6) is 0 Å². The Bertz CT molecular complexity index is 710. The van der Waals surface area contributed by atoms with Crippen LogP contribution in [0.3, 0.4) is 0 Å². The molecule has 3 fully saturated rings. The first-order valence-corrected chi connectivity index (χ1v) is 10.8. The number of carbonyl (C=O) groups is 2. The fraction of sp³-hybridized carbons (Fsp3) is 0.682. The molecule has 2 atom stereocenters. The van der Waals surface area contributed by atoms with Gasteiger partial charge in [0.1, 0.15) is 0 Å². The van der Waals surface area contributed by atoms with E-state index in [1.54, 1.807) is 12.4 Å². The third kappa shape index (κ3) is 5.65. The van der Waals surface area contributed by atoms with Crippen LogP contribution < -0.4 is 5.73 Å². The van der Waals surface area contributed by atoms with Crippen molar-refractivity contribution in [1.82, 2.24) is 14.8 Å². The Kier molecular flexibility index (Phi) is 8.95. The lowest BCUT2D eigenvalue weighted by Gasteiger charge is -2.48. The van der Waals surface area contributed by atoms with Crippen LogP contribution in [0, 0.1) is 11.3 Å². The van der Waals surface area contributed by atoms with Crippen molar-refractivity contribution in [1.29, 1.82) is 0 Å². The maximum Gasteiger partial charge on any atom is 0.225 e. The highest BCUT2D eigenvalue weighted by Crippen LogP contribution is 2.41. The monoisotopic (exact) mass is 456 g/mol. The molecule has 4 rings (SSSR count). The fourth-order valence-electron chi connectivity index (χ4n) is 5.27. The number of hydrogen-bond donors (Lipinski definition) is 1. The summed E-state index contributed by atoms with van der Waals surface area (Å²) >= 11 is 0. The summed E-state index contributed by atoms with van der Waals surface area (Å²) in [4.78, 5) is 33.5. The molecule has 6 nitrogen and oxygen atoms in total. The van der Waals surface area contributed by atoms with Crippen molar-refractivity contribution in [3.8, 4) is 0 Å². The molecule has 0 bridgehead atoms. The van der Waals surface area contributed by atoms with Crippen LogP contribution in [0.4, 0.5) is 0 Å². The predicted molar refractivity (Wildman–Crippen MR) is 122 cm³/mol. The number of pyridine rings is 1. The molecule has 8 heteroatoms. The van der Waals surface area contributed by atoms with Crippen molar-refractivity contribution in [3.63, 3.8) is 0 Å². The molecule has 1 aromatic rings. The molecule has 2 N–H and O–H groups in total. The first-order chi connectivity index (χ1) is 13.5. The molecule has 2 amide bonds. The zero-order valence-electron chi connectivity index (χ0n) is 17.5. The summed E-state index contributed by atoms with van der Waals surface area (Å²) in [5.74, 6) is 0.677. The molecule has 1 aromatic heterocycles. The van der Waals surface area contributed by atoms with E-state index in [9.17, 15) is 9.59 Å². The number of rotatable bonds is 3. The maximum absolute atomic E-state index is 12.9. The Morgan fingerprint density at radius 3 is 2.50 bits per heavy atom. The number of hydrogen-bond acceptors (Lipinski definition) is 4. The van der Waals surface area contributed by atoms with Crippen molar-refractivity contribution >= 4 is 36.6 Å². The van der Waals surface area contributed by atoms with Crippen LogP contribution in [-0.2, 0) is 16.1 Å². The summed E-state index contributed by atoms with van der Waals surface area (Å²) in [5.41, 5.74) is 7.38. The molecule has 30 heavy (non-hydrogen) atoms. The van der Waals surface area contributed by atoms with E-state index in [2.05, 4.69) is 9.88 Å². The van der Waals surface area contributed by atoms with Gasteiger partial charge in [-0.2, -0.15) is 0 Å². The van der Waals surface area contributed by atoms with E-state index >= 15 is 0 Å². The van der Waals surface area contributed by atoms with Gasteiger partial charge in [-0.25, -0.2) is 0 Å². The Morgan fingerprint density at radius 2 is 1.83 bits per heavy atom. The smallest absolute Gasteiger partial charge is 0.225 e. The first-order valence-electron chi connectivity index (χ1n) is 10.8. The van der Waals surface area contributed by atoms with Crippen LogP contribution in [0.15, 0.2) is 24.5 Å². The van der Waals surface area contributed by atoms with E-state index in [-0.39, 0.29) is 48.1 Å². The van der Waals surface area contributed by atoms with Crippen LogP contribution in [0.1, 0.15) is 56.9 Å². The van der Waals surface area contributed by atoms with Crippen molar-refractivity contribution in [2.75, 3.05) is 19.6 Å². The Morgan fingerprint density at radius 1 is 1.13 bits per heavy atom. The van der Waals surface area contributed by atoms with Gasteiger partial charge < -0.3 is 15.5 Å². The Labute approximate surface area is 191 Å². The Balaban J connectivity index is 0.00000160. The van der Waals surface area contributed by atoms with Gasteiger partial charge in [0.2, 0.25) is 11.8 Å². The average molecular weight is 457 g/mol. The largest absolute Gasteiger partial charge is 0.342 e. The number of nitrogens with zero attached hydrogens (tertiary/aromatic N) is 3. The van der Waals surface area contributed by atoms with Gasteiger partial charge >= 0.3 is 0 Å². The zero-order chi connectivity index (χ0) is 19.6. The van der Waals surface area contributed by atoms with Crippen LogP contribution in [0.25, 0.3) is 0 Å². The van der Waals surface area contributed by atoms with Gasteiger partial charge in [-0.05, 0) is 61.6 Å². The van der Waals surface area contributed by atoms with E-state index < -0.39 is 0 Å². The lowest BCUT2D eigenvalue weighted by atomic mass is 9.72. The van der Waals surface area contributed by atoms with Gasteiger partial charge in [0, 0.05) is 57.0 Å². The Hall–Kier alpha value is -1.37. The van der Waals surface area contributed by atoms with Gasteiger partial charge in [-0.3, -0.25) is 14.6 Å². The number of aromatic nitrogens is 1. The quantitative estimate of drug-likeness (QED) is 0.756. The summed E-state index contributed by atoms with van der Waals surface area (Å²) < 4.78 is 0. The van der Waals surface area contributed by atoms with Crippen molar-refractivity contribution < 1.29 is 9.59 Å². The molecule has 0 unspecified atom stereocenters. The zero-order valence-corrected chi connectivity index (χ0v) is 19.1. The SMILES string of the molecule is Cl.Cl.N[C@H]1CCC[C@@H](C(=O)N2CCC3(CCC(=O)N(Cc4ccncc4)C3)CC2)C1. The highest BCUT2D eigenvalue weighted by Gasteiger charge is 2.42. The van der Waals surface area contributed by atoms with Crippen molar-refractivity contribution in [2.24, 2.45) is 17.1 Å². The number of likely N-dealkylation sites (tertiary alicyclic amines) is 2. The summed E-state index contributed by atoms with van der Waals surface area (Å²) in [7, 11) is 0. The van der Waals surface area contributed by atoms with E-state index in [0.717, 1.165) is 70.1 Å². The minimum atomic E-state index is 0. The lowest BCUT2D eigenvalue weighted by molar-refractivity contribution is -0.145. The van der Waals surface area contributed by atoms with Gasteiger partial charge in [-0.15, -0.1) is 24.8 Å². The number of carbonyl (C=O) groups excluding carboxylic acids is 2. The van der Waals surface area contributed by atoms with Gasteiger partial charge in [0.05, 0.1) is 0 Å². The molecular formula is C22H34Cl2N4O2. The molecule has 1 spiro atoms. The second kappa shape index (κ2) is 10.8. The second-order valence-corrected chi connectivity index (χ2v) is 9.05. The van der Waals surface area contributed by atoms with E-state index in [4.69, 9.17) is 5.73 Å². The standard InChI is InChI=1S/C22H32N4O2.2ClH/c23-19-3-1-2-18(14-19)21(28)25-12-8-22(9-13-25)7-4-20(27)26(16-22)15-17-5-10-24-11-6-17;;/h5-6,10-11,18-19H,1-4,7-9,12-16,23H2;2*1H/t18-,19+;;/m1../s1. The normalized spacial score (nSPS) is 26.0. The number of piperidine rings is 2. The molecule has 3 aliphatic rings. The fourth-order valence-corrected chi connectivity index (χ4v) is 5.27. The van der Waals surface area contributed by atoms with Crippen LogP contribution in [0.2, 0.25) is 0 Å². The maximum atomic E-state index is 12.9. The van der Waals surface area contributed by atoms with E-state index in [1.165, 1.54) is 0 Å². The highest BCUT2D eigenvalue weighted by molar-refractivity contribution is 5.85. The van der Waals surface area contributed by atoms with Gasteiger partial charge in [0.15, 0.2) is 0 Å². The lowest BCUT2D eigenvalue weighted by Crippen LogP contribution is -2.53. The van der Waals surface area contributed by atoms with Crippen molar-refractivity contribution in [3.05, 3.63) is 30.1 Å². The number of halogens is 2. The minimum absolute atomic E-state index is 0. The number of amides is 2. The first kappa shape index (κ1) is 24.9. The summed E-state index contributed by atoms with van der Waals surface area (Å²) in [5, 5.41) is 0. The molecule has 0 aromatic carbocycles.